The summed E-state index contributed by atoms with van der Waals surface area (Å²) in [6.45, 7) is 2.31. The van der Waals surface area contributed by atoms with Crippen LogP contribution in [0.5, 0.6) is 0 Å². The van der Waals surface area contributed by atoms with Gasteiger partial charge in [-0.3, -0.25) is 9.59 Å². The van der Waals surface area contributed by atoms with Crippen LogP contribution >= 0.6 is 0 Å². The maximum Gasteiger partial charge on any atom is 0.293 e. The second-order valence-corrected chi connectivity index (χ2v) is 6.94. The first-order valence-electron chi connectivity index (χ1n) is 8.74. The number of nitrogens with zero attached hydrogens (tertiary/aromatic N) is 2. The summed E-state index contributed by atoms with van der Waals surface area (Å²) in [7, 11) is 0. The van der Waals surface area contributed by atoms with Gasteiger partial charge in [-0.25, -0.2) is 0 Å². The lowest BCUT2D eigenvalue weighted by Crippen LogP contribution is -2.32. The summed E-state index contributed by atoms with van der Waals surface area (Å²) in [5.41, 5.74) is 2.36. The maximum absolute atomic E-state index is 12.7. The van der Waals surface area contributed by atoms with E-state index in [-0.39, 0.29) is 23.6 Å². The summed E-state index contributed by atoms with van der Waals surface area (Å²) in [5.74, 6) is 0.129. The van der Waals surface area contributed by atoms with Gasteiger partial charge in [-0.2, -0.15) is 0 Å². The molecule has 25 heavy (non-hydrogen) atoms. The number of nitrogens with one attached hydrogen (secondary N) is 1. The van der Waals surface area contributed by atoms with Crippen molar-refractivity contribution in [2.75, 3.05) is 0 Å². The van der Waals surface area contributed by atoms with Gasteiger partial charge in [0, 0.05) is 30.3 Å². The second-order valence-electron chi connectivity index (χ2n) is 6.94. The Hall–Kier alpha value is -2.63. The highest BCUT2D eigenvalue weighted by molar-refractivity contribution is 5.94. The minimum absolute atomic E-state index is 0.0266. The summed E-state index contributed by atoms with van der Waals surface area (Å²) >= 11 is 0. The fourth-order valence-electron chi connectivity index (χ4n) is 2.81. The molecule has 6 nitrogen and oxygen atoms in total. The topological polar surface area (TPSA) is 75.4 Å². The highest BCUT2D eigenvalue weighted by Crippen LogP contribution is 2.30. The van der Waals surface area contributed by atoms with Crippen molar-refractivity contribution in [3.8, 4) is 0 Å². The molecule has 2 saturated carbocycles. The van der Waals surface area contributed by atoms with Crippen molar-refractivity contribution in [3.05, 3.63) is 52.9 Å². The van der Waals surface area contributed by atoms with Crippen LogP contribution in [-0.4, -0.2) is 34.0 Å². The Morgan fingerprint density at radius 3 is 2.48 bits per heavy atom. The zero-order valence-corrected chi connectivity index (χ0v) is 14.2. The lowest BCUT2D eigenvalue weighted by molar-refractivity contribution is 0.0687. The summed E-state index contributed by atoms with van der Waals surface area (Å²) in [5, 5.41) is 6.78. The van der Waals surface area contributed by atoms with Crippen molar-refractivity contribution in [1.29, 1.82) is 0 Å². The Kier molecular flexibility index (Phi) is 4.03. The van der Waals surface area contributed by atoms with Gasteiger partial charge in [-0.05, 0) is 50.3 Å². The van der Waals surface area contributed by atoms with Crippen LogP contribution in [0.15, 0.2) is 34.9 Å². The van der Waals surface area contributed by atoms with E-state index >= 15 is 0 Å². The number of amides is 2. The van der Waals surface area contributed by atoms with Crippen LogP contribution in [0.3, 0.4) is 0 Å². The van der Waals surface area contributed by atoms with Crippen molar-refractivity contribution in [1.82, 2.24) is 15.4 Å². The Labute approximate surface area is 146 Å². The van der Waals surface area contributed by atoms with Crippen LogP contribution < -0.4 is 5.32 Å². The molecular formula is C19H21N3O3. The van der Waals surface area contributed by atoms with E-state index in [0.717, 1.165) is 31.2 Å². The minimum atomic E-state index is -0.126. The van der Waals surface area contributed by atoms with E-state index in [9.17, 15) is 9.59 Å². The van der Waals surface area contributed by atoms with Crippen molar-refractivity contribution >= 4 is 11.8 Å². The molecule has 0 atom stereocenters. The third-order valence-corrected chi connectivity index (χ3v) is 4.57. The first kappa shape index (κ1) is 15.9. The first-order chi connectivity index (χ1) is 12.1. The molecule has 2 aliphatic rings. The Morgan fingerprint density at radius 2 is 1.92 bits per heavy atom. The van der Waals surface area contributed by atoms with Crippen LogP contribution in [0.2, 0.25) is 0 Å². The van der Waals surface area contributed by atoms with Gasteiger partial charge in [-0.15, -0.1) is 0 Å². The third kappa shape index (κ3) is 3.73. The molecule has 2 amide bonds. The molecule has 0 radical (unpaired) electrons. The normalized spacial score (nSPS) is 16.5. The van der Waals surface area contributed by atoms with Gasteiger partial charge in [0.1, 0.15) is 0 Å². The highest BCUT2D eigenvalue weighted by atomic mass is 16.5. The molecule has 1 aromatic carbocycles. The molecule has 130 valence electrons. The average molecular weight is 339 g/mol. The Morgan fingerprint density at radius 1 is 1.20 bits per heavy atom. The maximum atomic E-state index is 12.7. The van der Waals surface area contributed by atoms with Gasteiger partial charge in [-0.1, -0.05) is 17.3 Å². The van der Waals surface area contributed by atoms with Gasteiger partial charge in [0.05, 0.1) is 5.69 Å². The van der Waals surface area contributed by atoms with Crippen LogP contribution in [0.25, 0.3) is 0 Å². The van der Waals surface area contributed by atoms with E-state index in [4.69, 9.17) is 4.52 Å². The molecule has 0 spiro atoms. The van der Waals surface area contributed by atoms with Gasteiger partial charge < -0.3 is 14.7 Å². The molecular weight excluding hydrogens is 318 g/mol. The van der Waals surface area contributed by atoms with Crippen molar-refractivity contribution < 1.29 is 14.1 Å². The molecule has 0 saturated heterocycles. The zero-order valence-electron chi connectivity index (χ0n) is 14.2. The largest absolute Gasteiger partial charge is 0.351 e. The molecule has 1 heterocycles. The molecule has 2 fully saturated rings. The molecule has 0 bridgehead atoms. The third-order valence-electron chi connectivity index (χ3n) is 4.57. The van der Waals surface area contributed by atoms with Crippen molar-refractivity contribution in [2.45, 2.75) is 51.2 Å². The van der Waals surface area contributed by atoms with E-state index in [0.29, 0.717) is 23.8 Å². The minimum Gasteiger partial charge on any atom is -0.351 e. The van der Waals surface area contributed by atoms with Crippen LogP contribution in [0, 0.1) is 6.92 Å². The molecule has 0 aliphatic heterocycles. The van der Waals surface area contributed by atoms with Crippen LogP contribution in [0.1, 0.15) is 57.9 Å². The summed E-state index contributed by atoms with van der Waals surface area (Å²) in [6.07, 6.45) is 4.17. The van der Waals surface area contributed by atoms with E-state index in [1.807, 2.05) is 29.2 Å². The van der Waals surface area contributed by atoms with Crippen molar-refractivity contribution in [2.24, 2.45) is 0 Å². The molecule has 1 N–H and O–H groups in total. The highest BCUT2D eigenvalue weighted by Gasteiger charge is 2.34. The monoisotopic (exact) mass is 339 g/mol. The molecule has 0 unspecified atom stereocenters. The number of hydrogen-bond donors (Lipinski definition) is 1. The standard InChI is InChI=1S/C19H21N3O3/c1-12-10-17(25-21-12)19(24)22(16-8-9-16)11-13-2-4-14(5-3-13)18(23)20-15-6-7-15/h2-5,10,15-16H,6-9,11H2,1H3,(H,20,23). The van der Waals surface area contributed by atoms with Crippen molar-refractivity contribution in [3.63, 3.8) is 0 Å². The second kappa shape index (κ2) is 6.35. The van der Waals surface area contributed by atoms with Gasteiger partial charge in [0.2, 0.25) is 5.76 Å². The zero-order chi connectivity index (χ0) is 17.4. The summed E-state index contributed by atoms with van der Waals surface area (Å²) in [4.78, 5) is 26.6. The number of hydrogen-bond acceptors (Lipinski definition) is 4. The van der Waals surface area contributed by atoms with Crippen LogP contribution in [-0.2, 0) is 6.54 Å². The number of rotatable bonds is 6. The molecule has 4 rings (SSSR count). The summed E-state index contributed by atoms with van der Waals surface area (Å²) < 4.78 is 5.12. The van der Waals surface area contributed by atoms with Gasteiger partial charge in [0.25, 0.3) is 11.8 Å². The predicted octanol–water partition coefficient (Wildman–Crippen LogP) is 2.68. The number of aromatic nitrogens is 1. The first-order valence-corrected chi connectivity index (χ1v) is 8.74. The Balaban J connectivity index is 1.45. The average Bonchev–Trinajstić information content (AvgIpc) is 3.53. The van der Waals surface area contributed by atoms with E-state index in [1.54, 1.807) is 13.0 Å². The quantitative estimate of drug-likeness (QED) is 0.878. The molecule has 1 aromatic heterocycles. The smallest absolute Gasteiger partial charge is 0.293 e. The summed E-state index contributed by atoms with van der Waals surface area (Å²) in [6, 6.07) is 9.74. The number of carbonyl (C=O) groups is 2. The molecule has 6 heteroatoms. The fourth-order valence-corrected chi connectivity index (χ4v) is 2.81. The van der Waals surface area contributed by atoms with E-state index < -0.39 is 0 Å². The van der Waals surface area contributed by atoms with Gasteiger partial charge in [0.15, 0.2) is 0 Å². The van der Waals surface area contributed by atoms with E-state index in [1.165, 1.54) is 0 Å². The van der Waals surface area contributed by atoms with E-state index in [2.05, 4.69) is 10.5 Å². The van der Waals surface area contributed by atoms with Crippen LogP contribution in [0.4, 0.5) is 0 Å². The SMILES string of the molecule is Cc1cc(C(=O)N(Cc2ccc(C(=O)NC3CC3)cc2)C2CC2)on1. The number of carbonyl (C=O) groups excluding carboxylic acids is 2. The number of benzene rings is 1. The fraction of sp³-hybridized carbons (Fsp3) is 0.421. The lowest BCUT2D eigenvalue weighted by Gasteiger charge is -2.21. The molecule has 2 aliphatic carbocycles. The number of aryl methyl sites for hydroxylation is 1. The Bertz CT molecular complexity index is 789. The molecule has 2 aromatic rings. The van der Waals surface area contributed by atoms with Gasteiger partial charge >= 0.3 is 0 Å². The predicted molar refractivity (Wildman–Crippen MR) is 91.1 cm³/mol. The lowest BCUT2D eigenvalue weighted by atomic mass is 10.1.